The van der Waals surface area contributed by atoms with Crippen LogP contribution in [-0.4, -0.2) is 6.54 Å². The van der Waals surface area contributed by atoms with Gasteiger partial charge in [0, 0.05) is 12.2 Å². The van der Waals surface area contributed by atoms with Gasteiger partial charge in [-0.2, -0.15) is 5.26 Å². The molecule has 1 N–H and O–H groups in total. The van der Waals surface area contributed by atoms with Crippen LogP contribution >= 0.6 is 15.9 Å². The third-order valence-electron chi connectivity index (χ3n) is 1.31. The summed E-state index contributed by atoms with van der Waals surface area (Å²) in [6.07, 6.45) is 2.15. The Bertz CT molecular complexity index is 170. The fourth-order valence-electron chi connectivity index (χ4n) is 0.848. The molecule has 1 rings (SSSR count). The summed E-state index contributed by atoms with van der Waals surface area (Å²) in [5.41, 5.74) is 1.05. The molecule has 0 radical (unpaired) electrons. The van der Waals surface area contributed by atoms with Gasteiger partial charge in [0.1, 0.15) is 10.6 Å². The highest BCUT2D eigenvalue weighted by Gasteiger charge is 2.08. The lowest BCUT2D eigenvalue weighted by Crippen LogP contribution is -2.04. The van der Waals surface area contributed by atoms with Gasteiger partial charge >= 0.3 is 0 Å². The lowest BCUT2D eigenvalue weighted by Gasteiger charge is -1.94. The van der Waals surface area contributed by atoms with Crippen LogP contribution in [0.4, 0.5) is 0 Å². The molecule has 1 aliphatic heterocycles. The number of nitriles is 1. The second kappa shape index (κ2) is 2.88. The van der Waals surface area contributed by atoms with Crippen molar-refractivity contribution in [2.45, 2.75) is 12.8 Å². The Morgan fingerprint density at radius 3 is 3.00 bits per heavy atom. The number of nitrogens with one attached hydrogen (secondary N) is 1. The van der Waals surface area contributed by atoms with E-state index < -0.39 is 0 Å². The molecule has 0 saturated carbocycles. The van der Waals surface area contributed by atoms with E-state index in [-0.39, 0.29) is 0 Å². The van der Waals surface area contributed by atoms with E-state index in [2.05, 4.69) is 21.2 Å². The van der Waals surface area contributed by atoms with Crippen molar-refractivity contribution in [3.63, 3.8) is 0 Å². The zero-order valence-corrected chi connectivity index (χ0v) is 6.53. The van der Waals surface area contributed by atoms with Crippen molar-refractivity contribution >= 4 is 15.9 Å². The van der Waals surface area contributed by atoms with Crippen LogP contribution in [0.5, 0.6) is 0 Å². The first kappa shape index (κ1) is 6.63. The minimum Gasteiger partial charge on any atom is -0.387 e. The lowest BCUT2D eigenvalue weighted by molar-refractivity contribution is 0.903. The SMILES string of the molecule is N#C/C(Br)=C1\CCCN1. The van der Waals surface area contributed by atoms with Crippen molar-refractivity contribution in [1.82, 2.24) is 5.32 Å². The van der Waals surface area contributed by atoms with Crippen LogP contribution in [-0.2, 0) is 0 Å². The van der Waals surface area contributed by atoms with E-state index in [0.717, 1.165) is 25.1 Å². The molecule has 0 amide bonds. The topological polar surface area (TPSA) is 35.8 Å². The predicted octanol–water partition coefficient (Wildman–Crippen LogP) is 1.50. The summed E-state index contributed by atoms with van der Waals surface area (Å²) in [4.78, 5) is 0. The van der Waals surface area contributed by atoms with Crippen molar-refractivity contribution < 1.29 is 0 Å². The molecule has 1 heterocycles. The second-order valence-electron chi connectivity index (χ2n) is 1.93. The Balaban J connectivity index is 2.70. The molecular formula is C6H7BrN2. The van der Waals surface area contributed by atoms with Gasteiger partial charge < -0.3 is 5.32 Å². The molecule has 9 heavy (non-hydrogen) atoms. The minimum absolute atomic E-state index is 0.653. The smallest absolute Gasteiger partial charge is 0.114 e. The zero-order valence-electron chi connectivity index (χ0n) is 4.95. The fourth-order valence-corrected chi connectivity index (χ4v) is 1.19. The number of hydrogen-bond donors (Lipinski definition) is 1. The van der Waals surface area contributed by atoms with Gasteiger partial charge in [-0.25, -0.2) is 0 Å². The van der Waals surface area contributed by atoms with Crippen LogP contribution in [0.2, 0.25) is 0 Å². The molecule has 0 bridgehead atoms. The molecule has 0 aromatic carbocycles. The summed E-state index contributed by atoms with van der Waals surface area (Å²) in [5, 5.41) is 11.5. The largest absolute Gasteiger partial charge is 0.387 e. The van der Waals surface area contributed by atoms with Gasteiger partial charge in [0.15, 0.2) is 0 Å². The van der Waals surface area contributed by atoms with Crippen molar-refractivity contribution in [1.29, 1.82) is 5.26 Å². The van der Waals surface area contributed by atoms with Gasteiger partial charge in [0.2, 0.25) is 0 Å². The van der Waals surface area contributed by atoms with Gasteiger partial charge in [-0.15, -0.1) is 0 Å². The molecule has 1 aliphatic rings. The van der Waals surface area contributed by atoms with E-state index in [1.165, 1.54) is 0 Å². The summed E-state index contributed by atoms with van der Waals surface area (Å²) in [6, 6.07) is 2.04. The summed E-state index contributed by atoms with van der Waals surface area (Å²) >= 11 is 3.16. The van der Waals surface area contributed by atoms with Crippen LogP contribution in [0, 0.1) is 11.3 Å². The van der Waals surface area contributed by atoms with Crippen molar-refractivity contribution in [2.24, 2.45) is 0 Å². The van der Waals surface area contributed by atoms with Crippen LogP contribution in [0.15, 0.2) is 10.2 Å². The average molecular weight is 187 g/mol. The predicted molar refractivity (Wildman–Crippen MR) is 38.8 cm³/mol. The Labute approximate surface area is 62.7 Å². The maximum absolute atomic E-state index is 8.40. The molecule has 0 aromatic rings. The van der Waals surface area contributed by atoms with Crippen LogP contribution in [0.1, 0.15) is 12.8 Å². The fraction of sp³-hybridized carbons (Fsp3) is 0.500. The maximum Gasteiger partial charge on any atom is 0.114 e. The van der Waals surface area contributed by atoms with Gasteiger partial charge in [0.25, 0.3) is 0 Å². The number of halogens is 1. The summed E-state index contributed by atoms with van der Waals surface area (Å²) in [7, 11) is 0. The highest BCUT2D eigenvalue weighted by atomic mass is 79.9. The van der Waals surface area contributed by atoms with E-state index >= 15 is 0 Å². The van der Waals surface area contributed by atoms with E-state index in [1.807, 2.05) is 6.07 Å². The Hall–Kier alpha value is -0.490. The highest BCUT2D eigenvalue weighted by molar-refractivity contribution is 9.12. The molecule has 0 aromatic heterocycles. The molecule has 0 atom stereocenters. The number of allylic oxidation sites excluding steroid dienone is 2. The van der Waals surface area contributed by atoms with E-state index in [1.54, 1.807) is 0 Å². The molecule has 2 nitrogen and oxygen atoms in total. The minimum atomic E-state index is 0.653. The normalized spacial score (nSPS) is 22.7. The molecule has 1 saturated heterocycles. The number of rotatable bonds is 0. The molecule has 3 heteroatoms. The van der Waals surface area contributed by atoms with Gasteiger partial charge in [0.05, 0.1) is 0 Å². The third kappa shape index (κ3) is 1.46. The Kier molecular flexibility index (Phi) is 2.12. The molecular weight excluding hydrogens is 180 g/mol. The van der Waals surface area contributed by atoms with Gasteiger partial charge in [-0.1, -0.05) is 0 Å². The Morgan fingerprint density at radius 1 is 1.78 bits per heavy atom. The summed E-state index contributed by atoms with van der Waals surface area (Å²) in [5.74, 6) is 0. The standard InChI is InChI=1S/C6H7BrN2/c7-5(4-8)6-2-1-3-9-6/h9H,1-3H2/b6-5-. The second-order valence-corrected chi connectivity index (χ2v) is 2.73. The van der Waals surface area contributed by atoms with Crippen molar-refractivity contribution in [3.8, 4) is 6.07 Å². The van der Waals surface area contributed by atoms with Crippen LogP contribution in [0.25, 0.3) is 0 Å². The summed E-state index contributed by atoms with van der Waals surface area (Å²) < 4.78 is 0.653. The van der Waals surface area contributed by atoms with Crippen molar-refractivity contribution in [3.05, 3.63) is 10.2 Å². The molecule has 1 fully saturated rings. The van der Waals surface area contributed by atoms with Gasteiger partial charge in [-0.05, 0) is 28.8 Å². The molecule has 0 spiro atoms. The van der Waals surface area contributed by atoms with E-state index in [0.29, 0.717) is 4.48 Å². The summed E-state index contributed by atoms with van der Waals surface area (Å²) in [6.45, 7) is 1.01. The number of hydrogen-bond acceptors (Lipinski definition) is 2. The first-order valence-corrected chi connectivity index (χ1v) is 3.66. The van der Waals surface area contributed by atoms with E-state index in [4.69, 9.17) is 5.26 Å². The Morgan fingerprint density at radius 2 is 2.56 bits per heavy atom. The maximum atomic E-state index is 8.40. The quantitative estimate of drug-likeness (QED) is 0.583. The monoisotopic (exact) mass is 186 g/mol. The first-order valence-electron chi connectivity index (χ1n) is 2.87. The molecule has 0 unspecified atom stereocenters. The van der Waals surface area contributed by atoms with E-state index in [9.17, 15) is 0 Å². The highest BCUT2D eigenvalue weighted by Crippen LogP contribution is 2.17. The third-order valence-corrected chi connectivity index (χ3v) is 1.96. The van der Waals surface area contributed by atoms with Crippen LogP contribution < -0.4 is 5.32 Å². The first-order chi connectivity index (χ1) is 4.34. The lowest BCUT2D eigenvalue weighted by atomic mass is 10.3. The van der Waals surface area contributed by atoms with Crippen LogP contribution in [0.3, 0.4) is 0 Å². The molecule has 0 aliphatic carbocycles. The average Bonchev–Trinajstić information content (AvgIpc) is 2.37. The number of nitrogens with zero attached hydrogens (tertiary/aromatic N) is 1. The zero-order chi connectivity index (χ0) is 6.69. The van der Waals surface area contributed by atoms with Gasteiger partial charge in [-0.3, -0.25) is 0 Å². The van der Waals surface area contributed by atoms with Crippen molar-refractivity contribution in [2.75, 3.05) is 6.54 Å². The molecule has 48 valence electrons.